The predicted molar refractivity (Wildman–Crippen MR) is 77.9 cm³/mol. The third-order valence-corrected chi connectivity index (χ3v) is 2.87. The van der Waals surface area contributed by atoms with Crippen molar-refractivity contribution in [1.29, 1.82) is 0 Å². The van der Waals surface area contributed by atoms with Crippen molar-refractivity contribution in [3.8, 4) is 11.5 Å². The topological polar surface area (TPSA) is 30.5 Å². The molecule has 20 heavy (non-hydrogen) atoms. The zero-order chi connectivity index (χ0) is 14.4. The molecule has 0 fully saturated rings. The van der Waals surface area contributed by atoms with Gasteiger partial charge in [-0.25, -0.2) is 4.39 Å². The van der Waals surface area contributed by atoms with E-state index in [1.165, 1.54) is 6.07 Å². The Labute approximate surface area is 118 Å². The summed E-state index contributed by atoms with van der Waals surface area (Å²) in [5, 5.41) is 3.06. The van der Waals surface area contributed by atoms with Gasteiger partial charge in [-0.05, 0) is 36.8 Å². The molecule has 106 valence electrons. The highest BCUT2D eigenvalue weighted by molar-refractivity contribution is 5.50. The highest BCUT2D eigenvalue weighted by Gasteiger charge is 2.04. The van der Waals surface area contributed by atoms with Gasteiger partial charge in [0.1, 0.15) is 17.3 Å². The molecule has 0 aliphatic heterocycles. The Balaban J connectivity index is 2.06. The molecule has 0 heterocycles. The van der Waals surface area contributed by atoms with E-state index < -0.39 is 0 Å². The molecule has 0 saturated carbocycles. The van der Waals surface area contributed by atoms with E-state index in [1.807, 2.05) is 31.2 Å². The Morgan fingerprint density at radius 1 is 1.10 bits per heavy atom. The second kappa shape index (κ2) is 6.80. The highest BCUT2D eigenvalue weighted by Crippen LogP contribution is 2.22. The molecule has 0 saturated heterocycles. The zero-order valence-corrected chi connectivity index (χ0v) is 11.7. The number of hydrogen-bond donors (Lipinski definition) is 1. The molecule has 4 heteroatoms. The van der Waals surface area contributed by atoms with Gasteiger partial charge >= 0.3 is 0 Å². The first kappa shape index (κ1) is 14.2. The monoisotopic (exact) mass is 275 g/mol. The van der Waals surface area contributed by atoms with Gasteiger partial charge in [0.25, 0.3) is 0 Å². The van der Waals surface area contributed by atoms with Crippen LogP contribution in [-0.4, -0.2) is 13.7 Å². The number of benzene rings is 2. The molecular formula is C16H18FNO2. The predicted octanol–water partition coefficient (Wildman–Crippen LogP) is 3.85. The first-order valence-electron chi connectivity index (χ1n) is 6.52. The first-order valence-corrected chi connectivity index (χ1v) is 6.52. The summed E-state index contributed by atoms with van der Waals surface area (Å²) in [6.07, 6.45) is 0. The molecule has 0 aromatic heterocycles. The van der Waals surface area contributed by atoms with Gasteiger partial charge in [0.2, 0.25) is 0 Å². The Morgan fingerprint density at radius 2 is 1.95 bits per heavy atom. The average molecular weight is 275 g/mol. The van der Waals surface area contributed by atoms with E-state index in [2.05, 4.69) is 5.32 Å². The fourth-order valence-electron chi connectivity index (χ4n) is 1.88. The lowest BCUT2D eigenvalue weighted by molar-refractivity contribution is 0.340. The Hall–Kier alpha value is -2.23. The molecule has 0 amide bonds. The maximum absolute atomic E-state index is 13.7. The van der Waals surface area contributed by atoms with Crippen molar-refractivity contribution < 1.29 is 13.9 Å². The molecule has 0 radical (unpaired) electrons. The number of anilines is 1. The standard InChI is InChI=1S/C16H18FNO2/c1-3-20-14-6-4-5-12(9-14)11-18-16-10-13(19-2)7-8-15(16)17/h4-10,18H,3,11H2,1-2H3. The Morgan fingerprint density at radius 3 is 2.70 bits per heavy atom. The summed E-state index contributed by atoms with van der Waals surface area (Å²) in [6.45, 7) is 3.09. The van der Waals surface area contributed by atoms with E-state index in [-0.39, 0.29) is 5.82 Å². The summed E-state index contributed by atoms with van der Waals surface area (Å²) in [7, 11) is 1.56. The maximum atomic E-state index is 13.7. The van der Waals surface area contributed by atoms with E-state index in [0.29, 0.717) is 24.6 Å². The van der Waals surface area contributed by atoms with Gasteiger partial charge in [0, 0.05) is 12.6 Å². The van der Waals surface area contributed by atoms with Crippen molar-refractivity contribution in [2.75, 3.05) is 19.0 Å². The molecule has 2 rings (SSSR count). The van der Waals surface area contributed by atoms with Crippen LogP contribution >= 0.6 is 0 Å². The average Bonchev–Trinajstić information content (AvgIpc) is 2.47. The SMILES string of the molecule is CCOc1cccc(CNc2cc(OC)ccc2F)c1. The van der Waals surface area contributed by atoms with Crippen molar-refractivity contribution in [3.05, 3.63) is 53.8 Å². The molecule has 0 bridgehead atoms. The van der Waals surface area contributed by atoms with Crippen LogP contribution in [0.3, 0.4) is 0 Å². The van der Waals surface area contributed by atoms with E-state index in [4.69, 9.17) is 9.47 Å². The van der Waals surface area contributed by atoms with Gasteiger partial charge in [-0.1, -0.05) is 12.1 Å². The third-order valence-electron chi connectivity index (χ3n) is 2.87. The van der Waals surface area contributed by atoms with Crippen LogP contribution in [0.1, 0.15) is 12.5 Å². The van der Waals surface area contributed by atoms with Crippen LogP contribution in [0.5, 0.6) is 11.5 Å². The number of methoxy groups -OCH3 is 1. The number of nitrogens with one attached hydrogen (secondary N) is 1. The molecule has 2 aromatic rings. The number of rotatable bonds is 6. The molecule has 0 unspecified atom stereocenters. The van der Waals surface area contributed by atoms with Gasteiger partial charge in [-0.2, -0.15) is 0 Å². The zero-order valence-electron chi connectivity index (χ0n) is 11.7. The second-order valence-corrected chi connectivity index (χ2v) is 4.28. The summed E-state index contributed by atoms with van der Waals surface area (Å²) in [5.41, 5.74) is 1.45. The van der Waals surface area contributed by atoms with E-state index in [9.17, 15) is 4.39 Å². The lowest BCUT2D eigenvalue weighted by atomic mass is 10.2. The molecular weight excluding hydrogens is 257 g/mol. The third kappa shape index (κ3) is 3.63. The van der Waals surface area contributed by atoms with Gasteiger partial charge in [-0.3, -0.25) is 0 Å². The van der Waals surface area contributed by atoms with Crippen molar-refractivity contribution in [1.82, 2.24) is 0 Å². The minimum atomic E-state index is -0.299. The van der Waals surface area contributed by atoms with Crippen LogP contribution in [0.15, 0.2) is 42.5 Å². The molecule has 3 nitrogen and oxygen atoms in total. The molecule has 0 aliphatic carbocycles. The summed E-state index contributed by atoms with van der Waals surface area (Å²) >= 11 is 0. The molecule has 1 N–H and O–H groups in total. The fraction of sp³-hybridized carbons (Fsp3) is 0.250. The minimum absolute atomic E-state index is 0.299. The van der Waals surface area contributed by atoms with Crippen LogP contribution in [0.25, 0.3) is 0 Å². The van der Waals surface area contributed by atoms with Crippen molar-refractivity contribution in [3.63, 3.8) is 0 Å². The molecule has 2 aromatic carbocycles. The Bertz CT molecular complexity index is 572. The van der Waals surface area contributed by atoms with E-state index in [1.54, 1.807) is 19.2 Å². The summed E-state index contributed by atoms with van der Waals surface area (Å²) in [6, 6.07) is 12.3. The van der Waals surface area contributed by atoms with Gasteiger partial charge < -0.3 is 14.8 Å². The van der Waals surface area contributed by atoms with Crippen LogP contribution in [0.2, 0.25) is 0 Å². The van der Waals surface area contributed by atoms with Crippen LogP contribution in [0, 0.1) is 5.82 Å². The lowest BCUT2D eigenvalue weighted by Gasteiger charge is -2.10. The van der Waals surface area contributed by atoms with Crippen LogP contribution in [0.4, 0.5) is 10.1 Å². The fourth-order valence-corrected chi connectivity index (χ4v) is 1.88. The van der Waals surface area contributed by atoms with Gasteiger partial charge in [0.05, 0.1) is 19.4 Å². The normalized spacial score (nSPS) is 10.2. The molecule has 0 atom stereocenters. The maximum Gasteiger partial charge on any atom is 0.146 e. The van der Waals surface area contributed by atoms with E-state index >= 15 is 0 Å². The number of hydrogen-bond acceptors (Lipinski definition) is 3. The van der Waals surface area contributed by atoms with Crippen molar-refractivity contribution in [2.24, 2.45) is 0 Å². The minimum Gasteiger partial charge on any atom is -0.497 e. The smallest absolute Gasteiger partial charge is 0.146 e. The van der Waals surface area contributed by atoms with Gasteiger partial charge in [-0.15, -0.1) is 0 Å². The molecule has 0 spiro atoms. The van der Waals surface area contributed by atoms with Crippen LogP contribution < -0.4 is 14.8 Å². The lowest BCUT2D eigenvalue weighted by Crippen LogP contribution is -2.02. The van der Waals surface area contributed by atoms with Gasteiger partial charge in [0.15, 0.2) is 0 Å². The molecule has 0 aliphatic rings. The highest BCUT2D eigenvalue weighted by atomic mass is 19.1. The largest absolute Gasteiger partial charge is 0.497 e. The Kier molecular flexibility index (Phi) is 4.82. The van der Waals surface area contributed by atoms with Crippen molar-refractivity contribution in [2.45, 2.75) is 13.5 Å². The number of halogens is 1. The summed E-state index contributed by atoms with van der Waals surface area (Å²) in [5.74, 6) is 1.14. The summed E-state index contributed by atoms with van der Waals surface area (Å²) < 4.78 is 24.2. The second-order valence-electron chi connectivity index (χ2n) is 4.28. The number of ether oxygens (including phenoxy) is 2. The van der Waals surface area contributed by atoms with Crippen molar-refractivity contribution >= 4 is 5.69 Å². The first-order chi connectivity index (χ1) is 9.72. The van der Waals surface area contributed by atoms with E-state index in [0.717, 1.165) is 11.3 Å². The van der Waals surface area contributed by atoms with Crippen LogP contribution in [-0.2, 0) is 6.54 Å². The summed E-state index contributed by atoms with van der Waals surface area (Å²) in [4.78, 5) is 0. The quantitative estimate of drug-likeness (QED) is 0.868.